The molecule has 0 saturated carbocycles. The van der Waals surface area contributed by atoms with Crippen molar-refractivity contribution in [1.82, 2.24) is 14.3 Å². The van der Waals surface area contributed by atoms with Gasteiger partial charge < -0.3 is 10.1 Å². The van der Waals surface area contributed by atoms with E-state index in [2.05, 4.69) is 36.1 Å². The van der Waals surface area contributed by atoms with E-state index >= 15 is 0 Å². The van der Waals surface area contributed by atoms with Crippen molar-refractivity contribution in [3.05, 3.63) is 17.6 Å². The molecule has 0 bridgehead atoms. The second-order valence-corrected chi connectivity index (χ2v) is 9.34. The average Bonchev–Trinajstić information content (AvgIpc) is 2.46. The Bertz CT molecular complexity index is 670. The summed E-state index contributed by atoms with van der Waals surface area (Å²) >= 11 is 0. The van der Waals surface area contributed by atoms with Crippen molar-refractivity contribution < 1.29 is 13.2 Å². The Morgan fingerprint density at radius 1 is 1.38 bits per heavy atom. The first-order valence-electron chi connectivity index (χ1n) is 8.18. The lowest BCUT2D eigenvalue weighted by molar-refractivity contribution is 0.181. The van der Waals surface area contributed by atoms with Crippen LogP contribution < -0.4 is 5.32 Å². The number of sulfonamides is 1. The van der Waals surface area contributed by atoms with Crippen molar-refractivity contribution in [1.29, 1.82) is 0 Å². The molecule has 1 aromatic rings. The lowest BCUT2D eigenvalue weighted by atomic mass is 9.95. The van der Waals surface area contributed by atoms with Crippen molar-refractivity contribution in [3.8, 4) is 0 Å². The zero-order valence-electron chi connectivity index (χ0n) is 15.2. The van der Waals surface area contributed by atoms with Crippen LogP contribution in [0.3, 0.4) is 0 Å². The average molecular weight is 356 g/mol. The van der Waals surface area contributed by atoms with E-state index < -0.39 is 10.0 Å². The quantitative estimate of drug-likeness (QED) is 0.865. The molecule has 0 radical (unpaired) electrons. The predicted molar refractivity (Wildman–Crippen MR) is 94.5 cm³/mol. The fraction of sp³-hybridized carbons (Fsp3) is 0.750. The Hall–Kier alpha value is -1.25. The van der Waals surface area contributed by atoms with Gasteiger partial charge in [0.1, 0.15) is 11.6 Å². The lowest BCUT2D eigenvalue weighted by Gasteiger charge is -2.32. The van der Waals surface area contributed by atoms with Crippen LogP contribution in [0.5, 0.6) is 0 Å². The van der Waals surface area contributed by atoms with Gasteiger partial charge in [0.05, 0.1) is 18.6 Å². The number of piperidine rings is 1. The van der Waals surface area contributed by atoms with Crippen molar-refractivity contribution in [3.63, 3.8) is 0 Å². The van der Waals surface area contributed by atoms with Gasteiger partial charge in [-0.1, -0.05) is 20.8 Å². The van der Waals surface area contributed by atoms with Crippen molar-refractivity contribution in [2.75, 3.05) is 31.8 Å². The highest BCUT2D eigenvalue weighted by Crippen LogP contribution is 2.22. The first kappa shape index (κ1) is 19.1. The van der Waals surface area contributed by atoms with Crippen LogP contribution in [0.25, 0.3) is 0 Å². The highest BCUT2D eigenvalue weighted by molar-refractivity contribution is 7.88. The van der Waals surface area contributed by atoms with E-state index in [0.717, 1.165) is 30.2 Å². The molecule has 1 atom stereocenters. The monoisotopic (exact) mass is 356 g/mol. The van der Waals surface area contributed by atoms with Gasteiger partial charge in [0, 0.05) is 37.7 Å². The summed E-state index contributed by atoms with van der Waals surface area (Å²) < 4.78 is 30.3. The number of anilines is 1. The van der Waals surface area contributed by atoms with Gasteiger partial charge >= 0.3 is 0 Å². The molecule has 1 aliphatic rings. The second-order valence-electron chi connectivity index (χ2n) is 7.36. The fourth-order valence-electron chi connectivity index (χ4n) is 2.70. The van der Waals surface area contributed by atoms with E-state index in [4.69, 9.17) is 4.74 Å². The molecular weight excluding hydrogens is 328 g/mol. The van der Waals surface area contributed by atoms with Gasteiger partial charge in [0.15, 0.2) is 0 Å². The number of ether oxygens (including phenoxy) is 1. The van der Waals surface area contributed by atoms with Crippen LogP contribution >= 0.6 is 0 Å². The SMILES string of the molecule is COCc1cc(NC2CCCN(S(C)(=O)=O)C2)nc(C(C)(C)C)n1. The Morgan fingerprint density at radius 2 is 2.08 bits per heavy atom. The molecule has 136 valence electrons. The van der Waals surface area contributed by atoms with E-state index in [1.807, 2.05) is 6.07 Å². The minimum Gasteiger partial charge on any atom is -0.378 e. The molecule has 0 spiro atoms. The number of nitrogens with one attached hydrogen (secondary N) is 1. The summed E-state index contributed by atoms with van der Waals surface area (Å²) in [4.78, 5) is 9.18. The molecule has 2 rings (SSSR count). The van der Waals surface area contributed by atoms with Gasteiger partial charge in [-0.25, -0.2) is 22.7 Å². The first-order valence-corrected chi connectivity index (χ1v) is 10.0. The van der Waals surface area contributed by atoms with Crippen LogP contribution in [0.4, 0.5) is 5.82 Å². The first-order chi connectivity index (χ1) is 11.1. The van der Waals surface area contributed by atoms with Crippen LogP contribution in [-0.2, 0) is 26.8 Å². The molecule has 1 saturated heterocycles. The molecule has 1 N–H and O–H groups in total. The Labute approximate surface area is 144 Å². The van der Waals surface area contributed by atoms with Crippen molar-refractivity contribution in [2.24, 2.45) is 0 Å². The summed E-state index contributed by atoms with van der Waals surface area (Å²) in [6, 6.07) is 1.92. The van der Waals surface area contributed by atoms with Gasteiger partial charge in [-0.2, -0.15) is 0 Å². The number of hydrogen-bond donors (Lipinski definition) is 1. The van der Waals surface area contributed by atoms with Crippen LogP contribution in [0.1, 0.15) is 45.1 Å². The number of rotatable bonds is 5. The summed E-state index contributed by atoms with van der Waals surface area (Å²) in [5.74, 6) is 1.47. The summed E-state index contributed by atoms with van der Waals surface area (Å²) in [5, 5.41) is 3.38. The van der Waals surface area contributed by atoms with E-state index in [1.54, 1.807) is 7.11 Å². The summed E-state index contributed by atoms with van der Waals surface area (Å²) in [6.45, 7) is 7.66. The minimum atomic E-state index is -3.16. The Morgan fingerprint density at radius 3 is 2.67 bits per heavy atom. The largest absolute Gasteiger partial charge is 0.378 e. The van der Waals surface area contributed by atoms with Gasteiger partial charge in [-0.05, 0) is 12.8 Å². The summed E-state index contributed by atoms with van der Waals surface area (Å²) in [5.41, 5.74) is 0.640. The maximum absolute atomic E-state index is 11.8. The third kappa shape index (κ3) is 5.12. The highest BCUT2D eigenvalue weighted by atomic mass is 32.2. The summed E-state index contributed by atoms with van der Waals surface area (Å²) in [6.07, 6.45) is 3.02. The molecule has 0 amide bonds. The molecule has 0 aromatic carbocycles. The fourth-order valence-corrected chi connectivity index (χ4v) is 3.61. The van der Waals surface area contributed by atoms with E-state index in [0.29, 0.717) is 19.7 Å². The third-order valence-electron chi connectivity index (χ3n) is 3.95. The normalized spacial score (nSPS) is 20.1. The van der Waals surface area contributed by atoms with Gasteiger partial charge in [-0.15, -0.1) is 0 Å². The Kier molecular flexibility index (Phi) is 5.83. The number of hydrogen-bond acceptors (Lipinski definition) is 6. The lowest BCUT2D eigenvalue weighted by Crippen LogP contribution is -2.44. The smallest absolute Gasteiger partial charge is 0.211 e. The van der Waals surface area contributed by atoms with Gasteiger partial charge in [0.2, 0.25) is 10.0 Å². The van der Waals surface area contributed by atoms with Gasteiger partial charge in [-0.3, -0.25) is 0 Å². The molecule has 1 fully saturated rings. The maximum atomic E-state index is 11.8. The van der Waals surface area contributed by atoms with Crippen LogP contribution in [-0.4, -0.2) is 55.2 Å². The van der Waals surface area contributed by atoms with Crippen LogP contribution in [0.2, 0.25) is 0 Å². The highest BCUT2D eigenvalue weighted by Gasteiger charge is 2.26. The number of aromatic nitrogens is 2. The number of methoxy groups -OCH3 is 1. The van der Waals surface area contributed by atoms with E-state index in [1.165, 1.54) is 10.6 Å². The van der Waals surface area contributed by atoms with Crippen molar-refractivity contribution in [2.45, 2.75) is 51.7 Å². The predicted octanol–water partition coefficient (Wildman–Crippen LogP) is 1.76. The molecule has 0 aliphatic carbocycles. The number of nitrogens with zero attached hydrogens (tertiary/aromatic N) is 3. The van der Waals surface area contributed by atoms with Crippen LogP contribution in [0, 0.1) is 0 Å². The molecule has 7 nitrogen and oxygen atoms in total. The molecule has 1 aromatic heterocycles. The van der Waals surface area contributed by atoms with Crippen molar-refractivity contribution >= 4 is 15.8 Å². The minimum absolute atomic E-state index is 0.0478. The Balaban J connectivity index is 2.20. The second kappa shape index (κ2) is 7.33. The molecule has 24 heavy (non-hydrogen) atoms. The summed E-state index contributed by atoms with van der Waals surface area (Å²) in [7, 11) is -1.52. The molecule has 8 heteroatoms. The standard InChI is InChI=1S/C16H28N4O3S/c1-16(2,3)15-18-13(11-23-4)9-14(19-15)17-12-7-6-8-20(10-12)24(5,21)22/h9,12H,6-8,10-11H2,1-5H3,(H,17,18,19). The zero-order valence-corrected chi connectivity index (χ0v) is 16.0. The van der Waals surface area contributed by atoms with E-state index in [9.17, 15) is 8.42 Å². The van der Waals surface area contributed by atoms with Crippen LogP contribution in [0.15, 0.2) is 6.07 Å². The molecule has 2 heterocycles. The zero-order chi connectivity index (χ0) is 18.0. The maximum Gasteiger partial charge on any atom is 0.211 e. The molecule has 1 aliphatic heterocycles. The molecule has 1 unspecified atom stereocenters. The van der Waals surface area contributed by atoms with Gasteiger partial charge in [0.25, 0.3) is 0 Å². The third-order valence-corrected chi connectivity index (χ3v) is 5.22. The molecular formula is C16H28N4O3S. The topological polar surface area (TPSA) is 84.4 Å². The van der Waals surface area contributed by atoms with E-state index in [-0.39, 0.29) is 11.5 Å².